The molecule has 0 radical (unpaired) electrons. The van der Waals surface area contributed by atoms with E-state index in [-0.39, 0.29) is 12.2 Å². The molecule has 3 aromatic carbocycles. The molecule has 0 bridgehead atoms. The van der Waals surface area contributed by atoms with Gasteiger partial charge in [-0.25, -0.2) is 9.78 Å². The Labute approximate surface area is 178 Å². The molecule has 5 nitrogen and oxygen atoms in total. The van der Waals surface area contributed by atoms with E-state index in [0.29, 0.717) is 33.7 Å². The summed E-state index contributed by atoms with van der Waals surface area (Å²) in [4.78, 5) is 30.0. The van der Waals surface area contributed by atoms with Gasteiger partial charge in [0, 0.05) is 18.5 Å². The second-order valence-electron chi connectivity index (χ2n) is 6.95. The van der Waals surface area contributed by atoms with E-state index in [1.54, 1.807) is 37.4 Å². The predicted octanol–water partition coefficient (Wildman–Crippen LogP) is 4.53. The van der Waals surface area contributed by atoms with Gasteiger partial charge in [0.2, 0.25) is 0 Å². The van der Waals surface area contributed by atoms with Crippen molar-refractivity contribution < 1.29 is 9.53 Å². The second kappa shape index (κ2) is 8.51. The number of carbonyl (C=O) groups is 1. The zero-order valence-corrected chi connectivity index (χ0v) is 17.1. The maximum atomic E-state index is 12.7. The van der Waals surface area contributed by atoms with Crippen LogP contribution in [-0.4, -0.2) is 15.5 Å². The van der Waals surface area contributed by atoms with Crippen molar-refractivity contribution in [2.75, 3.05) is 0 Å². The third kappa shape index (κ3) is 4.11. The average molecular weight is 419 g/mol. The highest BCUT2D eigenvalue weighted by atomic mass is 35.5. The molecule has 1 aromatic heterocycles. The van der Waals surface area contributed by atoms with Crippen molar-refractivity contribution in [3.8, 4) is 0 Å². The van der Waals surface area contributed by atoms with Gasteiger partial charge in [-0.1, -0.05) is 60.1 Å². The van der Waals surface area contributed by atoms with Crippen LogP contribution in [-0.2, 0) is 24.8 Å². The summed E-state index contributed by atoms with van der Waals surface area (Å²) in [7, 11) is 1.68. The van der Waals surface area contributed by atoms with Crippen LogP contribution in [0.4, 0.5) is 0 Å². The van der Waals surface area contributed by atoms with Crippen molar-refractivity contribution in [2.45, 2.75) is 13.0 Å². The molecule has 0 atom stereocenters. The van der Waals surface area contributed by atoms with E-state index in [1.165, 1.54) is 4.57 Å². The first-order valence-electron chi connectivity index (χ1n) is 9.47. The minimum atomic E-state index is -0.414. The number of ether oxygens (including phenoxy) is 1. The number of halogens is 1. The van der Waals surface area contributed by atoms with Crippen molar-refractivity contribution >= 4 is 28.5 Å². The van der Waals surface area contributed by atoms with Crippen LogP contribution in [0, 0.1) is 0 Å². The molecule has 30 heavy (non-hydrogen) atoms. The number of rotatable bonds is 5. The smallest absolute Gasteiger partial charge is 0.338 e. The lowest BCUT2D eigenvalue weighted by molar-refractivity contribution is 0.0471. The van der Waals surface area contributed by atoms with Gasteiger partial charge in [0.25, 0.3) is 5.56 Å². The van der Waals surface area contributed by atoms with Crippen LogP contribution in [0.5, 0.6) is 0 Å². The van der Waals surface area contributed by atoms with Crippen molar-refractivity contribution in [1.29, 1.82) is 0 Å². The Balaban J connectivity index is 1.64. The predicted molar refractivity (Wildman–Crippen MR) is 117 cm³/mol. The Hall–Kier alpha value is -3.44. The van der Waals surface area contributed by atoms with Gasteiger partial charge in [-0.15, -0.1) is 0 Å². The van der Waals surface area contributed by atoms with E-state index in [4.69, 9.17) is 16.3 Å². The molecule has 0 N–H and O–H groups in total. The number of aromatic nitrogens is 2. The summed E-state index contributed by atoms with van der Waals surface area (Å²) in [6, 6.07) is 21.7. The van der Waals surface area contributed by atoms with Crippen LogP contribution in [0.2, 0.25) is 5.02 Å². The fraction of sp³-hybridized carbons (Fsp3) is 0.125. The third-order valence-electron chi connectivity index (χ3n) is 4.93. The number of carbonyl (C=O) groups excluding carboxylic acids is 1. The zero-order chi connectivity index (χ0) is 21.1. The lowest BCUT2D eigenvalue weighted by Gasteiger charge is -2.12. The zero-order valence-electron chi connectivity index (χ0n) is 16.3. The summed E-state index contributed by atoms with van der Waals surface area (Å²) in [5, 5.41) is 1.01. The van der Waals surface area contributed by atoms with Crippen LogP contribution < -0.4 is 5.56 Å². The first-order chi connectivity index (χ1) is 14.5. The molecule has 150 valence electrons. The lowest BCUT2D eigenvalue weighted by Crippen LogP contribution is -2.23. The highest BCUT2D eigenvalue weighted by molar-refractivity contribution is 6.31. The van der Waals surface area contributed by atoms with Gasteiger partial charge in [0.05, 0.1) is 16.5 Å². The summed E-state index contributed by atoms with van der Waals surface area (Å²) < 4.78 is 6.99. The minimum absolute atomic E-state index is 0.157. The van der Waals surface area contributed by atoms with E-state index >= 15 is 0 Å². The van der Waals surface area contributed by atoms with Gasteiger partial charge in [0.15, 0.2) is 0 Å². The van der Waals surface area contributed by atoms with Crippen LogP contribution in [0.1, 0.15) is 27.3 Å². The van der Waals surface area contributed by atoms with E-state index in [2.05, 4.69) is 4.98 Å². The van der Waals surface area contributed by atoms with Gasteiger partial charge in [0.1, 0.15) is 12.4 Å². The largest absolute Gasteiger partial charge is 0.457 e. The van der Waals surface area contributed by atoms with Gasteiger partial charge >= 0.3 is 5.97 Å². The number of esters is 1. The van der Waals surface area contributed by atoms with Crippen molar-refractivity contribution in [1.82, 2.24) is 9.55 Å². The number of hydrogen-bond acceptors (Lipinski definition) is 4. The molecule has 0 fully saturated rings. The van der Waals surface area contributed by atoms with Crippen LogP contribution in [0.25, 0.3) is 10.9 Å². The van der Waals surface area contributed by atoms with Crippen molar-refractivity contribution in [3.05, 3.63) is 111 Å². The van der Waals surface area contributed by atoms with Crippen LogP contribution >= 0.6 is 11.6 Å². The Morgan fingerprint density at radius 3 is 2.57 bits per heavy atom. The topological polar surface area (TPSA) is 61.2 Å². The summed E-state index contributed by atoms with van der Waals surface area (Å²) in [5.74, 6) is 0.126. The Morgan fingerprint density at radius 1 is 1.03 bits per heavy atom. The molecule has 6 heteroatoms. The lowest BCUT2D eigenvalue weighted by atomic mass is 10.0. The minimum Gasteiger partial charge on any atom is -0.457 e. The molecule has 4 rings (SSSR count). The maximum Gasteiger partial charge on any atom is 0.338 e. The van der Waals surface area contributed by atoms with Gasteiger partial charge in [-0.2, -0.15) is 0 Å². The molecule has 0 aliphatic rings. The number of nitrogens with zero attached hydrogens (tertiary/aromatic N) is 2. The molecule has 0 spiro atoms. The van der Waals surface area contributed by atoms with E-state index < -0.39 is 5.97 Å². The SMILES string of the molecule is Cn1c(Cc2ccccc2C(=O)OCc2ccccc2)nc2cc(Cl)ccc2c1=O. The van der Waals surface area contributed by atoms with Crippen molar-refractivity contribution in [2.24, 2.45) is 7.05 Å². The second-order valence-corrected chi connectivity index (χ2v) is 7.39. The molecule has 0 aliphatic carbocycles. The molecular weight excluding hydrogens is 400 g/mol. The molecule has 0 saturated heterocycles. The molecule has 1 heterocycles. The molecule has 0 saturated carbocycles. The first-order valence-corrected chi connectivity index (χ1v) is 9.85. The maximum absolute atomic E-state index is 12.7. The normalized spacial score (nSPS) is 10.9. The fourth-order valence-electron chi connectivity index (χ4n) is 3.29. The third-order valence-corrected chi connectivity index (χ3v) is 5.17. The summed E-state index contributed by atoms with van der Waals surface area (Å²) in [5.41, 5.74) is 2.48. The highest BCUT2D eigenvalue weighted by Gasteiger charge is 2.16. The number of fused-ring (bicyclic) bond motifs is 1. The van der Waals surface area contributed by atoms with Gasteiger partial charge < -0.3 is 4.74 Å². The summed E-state index contributed by atoms with van der Waals surface area (Å²) >= 11 is 6.07. The molecule has 4 aromatic rings. The molecule has 0 amide bonds. The molecule has 0 aliphatic heterocycles. The summed E-state index contributed by atoms with van der Waals surface area (Å²) in [6.45, 7) is 0.194. The van der Waals surface area contributed by atoms with E-state index in [0.717, 1.165) is 11.1 Å². The van der Waals surface area contributed by atoms with Gasteiger partial charge in [-0.05, 0) is 35.4 Å². The standard InChI is InChI=1S/C24H19ClN2O3/c1-27-22(26-21-14-18(25)11-12-20(21)23(27)28)13-17-9-5-6-10-19(17)24(29)30-15-16-7-3-2-4-8-16/h2-12,14H,13,15H2,1H3. The summed E-state index contributed by atoms with van der Waals surface area (Å²) in [6.07, 6.45) is 0.310. The Kier molecular flexibility index (Phi) is 5.63. The van der Waals surface area contributed by atoms with Gasteiger partial charge in [-0.3, -0.25) is 9.36 Å². The highest BCUT2D eigenvalue weighted by Crippen LogP contribution is 2.18. The monoisotopic (exact) mass is 418 g/mol. The van der Waals surface area contributed by atoms with E-state index in [9.17, 15) is 9.59 Å². The quantitative estimate of drug-likeness (QED) is 0.446. The molecule has 0 unspecified atom stereocenters. The average Bonchev–Trinajstić information content (AvgIpc) is 2.76. The van der Waals surface area contributed by atoms with Crippen LogP contribution in [0.15, 0.2) is 77.6 Å². The fourth-order valence-corrected chi connectivity index (χ4v) is 3.46. The Bertz CT molecular complexity index is 1280. The molecular formula is C24H19ClN2O3. The number of benzene rings is 3. The number of hydrogen-bond donors (Lipinski definition) is 0. The van der Waals surface area contributed by atoms with E-state index in [1.807, 2.05) is 42.5 Å². The first kappa shape index (κ1) is 19.9. The van der Waals surface area contributed by atoms with Crippen molar-refractivity contribution in [3.63, 3.8) is 0 Å². The Morgan fingerprint density at radius 2 is 1.77 bits per heavy atom. The van der Waals surface area contributed by atoms with Crippen LogP contribution in [0.3, 0.4) is 0 Å².